The lowest BCUT2D eigenvalue weighted by atomic mass is 10.0. The Morgan fingerprint density at radius 1 is 0.560 bits per heavy atom. The van der Waals surface area contributed by atoms with Gasteiger partial charge in [0.25, 0.3) is 0 Å². The van der Waals surface area contributed by atoms with E-state index >= 15 is 0 Å². The summed E-state index contributed by atoms with van der Waals surface area (Å²) in [6, 6.07) is -0.697. The van der Waals surface area contributed by atoms with E-state index < -0.39 is 18.2 Å². The van der Waals surface area contributed by atoms with Crippen molar-refractivity contribution in [3.8, 4) is 0 Å². The number of esters is 1. The first-order chi connectivity index (χ1) is 24.5. The van der Waals surface area contributed by atoms with Gasteiger partial charge in [-0.3, -0.25) is 9.59 Å². The number of ether oxygens (including phenoxy) is 1. The minimum Gasteiger partial charge on any atom is -0.462 e. The van der Waals surface area contributed by atoms with Crippen LogP contribution in [-0.2, 0) is 14.3 Å². The molecule has 0 rings (SSSR count). The lowest BCUT2D eigenvalue weighted by Gasteiger charge is -2.24. The number of carbonyl (C=O) groups excluding carboxylic acids is 2. The van der Waals surface area contributed by atoms with Gasteiger partial charge in [-0.15, -0.1) is 0 Å². The Bertz CT molecular complexity index is 757. The molecule has 0 aromatic rings. The Kier molecular flexibility index (Phi) is 37.7. The van der Waals surface area contributed by atoms with Crippen molar-refractivity contribution in [2.24, 2.45) is 0 Å². The molecule has 3 atom stereocenters. The van der Waals surface area contributed by atoms with Gasteiger partial charge in [-0.25, -0.2) is 0 Å². The molecule has 0 saturated heterocycles. The molecule has 0 aliphatic rings. The predicted octanol–water partition coefficient (Wildman–Crippen LogP) is 12.2. The van der Waals surface area contributed by atoms with Gasteiger partial charge in [0.05, 0.1) is 25.2 Å². The minimum atomic E-state index is -0.783. The Morgan fingerprint density at radius 3 is 1.50 bits per heavy atom. The molecule has 0 aliphatic carbocycles. The van der Waals surface area contributed by atoms with Crippen LogP contribution < -0.4 is 5.32 Å². The van der Waals surface area contributed by atoms with Crippen molar-refractivity contribution in [3.63, 3.8) is 0 Å². The molecule has 0 aromatic carbocycles. The van der Waals surface area contributed by atoms with Gasteiger partial charge in [-0.2, -0.15) is 0 Å². The first-order valence-corrected chi connectivity index (χ1v) is 21.9. The Morgan fingerprint density at radius 2 is 1.00 bits per heavy atom. The number of hydrogen-bond donors (Lipinski definition) is 3. The van der Waals surface area contributed by atoms with Crippen LogP contribution in [0.25, 0.3) is 0 Å². The van der Waals surface area contributed by atoms with Crippen LogP contribution in [0.4, 0.5) is 0 Å². The van der Waals surface area contributed by atoms with Crippen molar-refractivity contribution in [2.45, 2.75) is 251 Å². The van der Waals surface area contributed by atoms with Crippen LogP contribution in [0, 0.1) is 0 Å². The maximum Gasteiger partial charge on any atom is 0.306 e. The highest BCUT2D eigenvalue weighted by Crippen LogP contribution is 2.17. The third-order valence-corrected chi connectivity index (χ3v) is 10.1. The summed E-state index contributed by atoms with van der Waals surface area (Å²) < 4.78 is 5.85. The first kappa shape index (κ1) is 48.6. The van der Waals surface area contributed by atoms with Gasteiger partial charge >= 0.3 is 5.97 Å². The summed E-state index contributed by atoms with van der Waals surface area (Å²) in [6.45, 7) is 6.39. The molecule has 0 radical (unpaired) electrons. The van der Waals surface area contributed by atoms with Crippen LogP contribution in [0.1, 0.15) is 233 Å². The molecule has 3 N–H and O–H groups in total. The van der Waals surface area contributed by atoms with E-state index in [-0.39, 0.29) is 24.9 Å². The number of amides is 1. The highest BCUT2D eigenvalue weighted by Gasteiger charge is 2.24. The number of rotatable bonds is 39. The number of aliphatic hydroxyl groups is 2. The average Bonchev–Trinajstić information content (AvgIpc) is 3.10. The fourth-order valence-electron chi connectivity index (χ4n) is 6.73. The minimum absolute atomic E-state index is 0.0716. The maximum atomic E-state index is 13.0. The monoisotopic (exact) mass is 708 g/mol. The average molecular weight is 708 g/mol. The number of carbonyl (C=O) groups is 2. The zero-order valence-electron chi connectivity index (χ0n) is 33.5. The van der Waals surface area contributed by atoms with Crippen LogP contribution >= 0.6 is 0 Å². The summed E-state index contributed by atoms with van der Waals surface area (Å²) in [4.78, 5) is 25.8. The summed E-state index contributed by atoms with van der Waals surface area (Å²) in [5.74, 6) is -0.487. The van der Waals surface area contributed by atoms with Gasteiger partial charge in [0.1, 0.15) is 6.10 Å². The van der Waals surface area contributed by atoms with E-state index in [4.69, 9.17) is 4.74 Å². The molecule has 0 saturated carbocycles. The van der Waals surface area contributed by atoms with E-state index in [1.54, 1.807) is 0 Å². The zero-order valence-corrected chi connectivity index (χ0v) is 33.5. The summed E-state index contributed by atoms with van der Waals surface area (Å²) in [7, 11) is 0. The standard InChI is InChI=1S/C44H85NO5/c1-4-7-10-13-16-19-21-22-23-24-27-30-33-36-42(47)41(39-46)45-43(48)38-40(35-32-29-26-18-15-12-9-6-3)50-44(49)37-34-31-28-25-20-17-14-11-8-5-2/h12,15,40-42,46-47H,4-11,13-14,16-39H2,1-3H3,(H,45,48)/b15-12-. The van der Waals surface area contributed by atoms with E-state index in [0.717, 1.165) is 64.2 Å². The van der Waals surface area contributed by atoms with Gasteiger partial charge in [0.15, 0.2) is 0 Å². The fourth-order valence-corrected chi connectivity index (χ4v) is 6.73. The number of hydrogen-bond acceptors (Lipinski definition) is 5. The first-order valence-electron chi connectivity index (χ1n) is 21.9. The molecule has 50 heavy (non-hydrogen) atoms. The lowest BCUT2D eigenvalue weighted by Crippen LogP contribution is -2.46. The van der Waals surface area contributed by atoms with Gasteiger partial charge in [0, 0.05) is 6.42 Å². The third kappa shape index (κ3) is 33.7. The lowest BCUT2D eigenvalue weighted by molar-refractivity contribution is -0.151. The van der Waals surface area contributed by atoms with Crippen molar-refractivity contribution >= 4 is 11.9 Å². The van der Waals surface area contributed by atoms with E-state index in [0.29, 0.717) is 19.3 Å². The Hall–Kier alpha value is -1.40. The van der Waals surface area contributed by atoms with Crippen molar-refractivity contribution < 1.29 is 24.5 Å². The van der Waals surface area contributed by atoms with Gasteiger partial charge in [-0.05, 0) is 44.9 Å². The van der Waals surface area contributed by atoms with E-state index in [9.17, 15) is 19.8 Å². The van der Waals surface area contributed by atoms with E-state index in [2.05, 4.69) is 38.2 Å². The molecule has 0 fully saturated rings. The molecular weight excluding hydrogens is 622 g/mol. The Balaban J connectivity index is 4.47. The van der Waals surface area contributed by atoms with Crippen LogP contribution in [0.2, 0.25) is 0 Å². The number of aliphatic hydroxyl groups excluding tert-OH is 2. The normalized spacial score (nSPS) is 13.5. The van der Waals surface area contributed by atoms with Crippen LogP contribution in [0.3, 0.4) is 0 Å². The largest absolute Gasteiger partial charge is 0.462 e. The topological polar surface area (TPSA) is 95.9 Å². The van der Waals surface area contributed by atoms with Crippen molar-refractivity contribution in [2.75, 3.05) is 6.61 Å². The van der Waals surface area contributed by atoms with Gasteiger partial charge < -0.3 is 20.3 Å². The second-order valence-electron chi connectivity index (χ2n) is 15.1. The van der Waals surface area contributed by atoms with Crippen LogP contribution in [0.5, 0.6) is 0 Å². The van der Waals surface area contributed by atoms with Crippen LogP contribution in [-0.4, -0.2) is 46.9 Å². The van der Waals surface area contributed by atoms with Gasteiger partial charge in [-0.1, -0.05) is 187 Å². The summed E-state index contributed by atoms with van der Waals surface area (Å²) in [6.07, 6.45) is 39.9. The summed E-state index contributed by atoms with van der Waals surface area (Å²) in [5, 5.41) is 23.6. The number of nitrogens with one attached hydrogen (secondary N) is 1. The van der Waals surface area contributed by atoms with Gasteiger partial charge in [0.2, 0.25) is 5.91 Å². The number of allylic oxidation sites excluding steroid dienone is 2. The molecule has 0 aromatic heterocycles. The predicted molar refractivity (Wildman–Crippen MR) is 213 cm³/mol. The van der Waals surface area contributed by atoms with Crippen molar-refractivity contribution in [1.29, 1.82) is 0 Å². The van der Waals surface area contributed by atoms with E-state index in [1.165, 1.54) is 122 Å². The molecule has 6 heteroatoms. The molecule has 6 nitrogen and oxygen atoms in total. The summed E-state index contributed by atoms with van der Waals surface area (Å²) >= 11 is 0. The third-order valence-electron chi connectivity index (χ3n) is 10.1. The van der Waals surface area contributed by atoms with Crippen molar-refractivity contribution in [3.05, 3.63) is 12.2 Å². The second-order valence-corrected chi connectivity index (χ2v) is 15.1. The zero-order chi connectivity index (χ0) is 36.8. The fraction of sp³-hybridized carbons (Fsp3) is 0.909. The quantitative estimate of drug-likeness (QED) is 0.0336. The molecule has 0 heterocycles. The molecule has 0 bridgehead atoms. The molecule has 3 unspecified atom stereocenters. The highest BCUT2D eigenvalue weighted by molar-refractivity contribution is 5.77. The number of unbranched alkanes of at least 4 members (excludes halogenated alkanes) is 25. The van der Waals surface area contributed by atoms with Crippen LogP contribution in [0.15, 0.2) is 12.2 Å². The smallest absolute Gasteiger partial charge is 0.306 e. The molecule has 0 aliphatic heterocycles. The molecule has 296 valence electrons. The molecular formula is C44H85NO5. The second kappa shape index (κ2) is 38.8. The van der Waals surface area contributed by atoms with E-state index in [1.807, 2.05) is 0 Å². The highest BCUT2D eigenvalue weighted by atomic mass is 16.5. The maximum absolute atomic E-state index is 13.0. The molecule has 1 amide bonds. The van der Waals surface area contributed by atoms with Crippen molar-refractivity contribution in [1.82, 2.24) is 5.32 Å². The SMILES string of the molecule is CCC/C=C\CCCCCC(CC(=O)NC(CO)C(O)CCCCCCCCCCCCCCC)OC(=O)CCCCCCCCCCCC. The Labute approximate surface area is 310 Å². The molecule has 0 spiro atoms. The summed E-state index contributed by atoms with van der Waals surface area (Å²) in [5.41, 5.74) is 0.